The average Bonchev–Trinajstić information content (AvgIpc) is 2.92. The smallest absolute Gasteiger partial charge is 0.268 e. The van der Waals surface area contributed by atoms with Crippen LogP contribution in [0.15, 0.2) is 72.8 Å². The second-order valence-corrected chi connectivity index (χ2v) is 6.12. The van der Waals surface area contributed by atoms with Gasteiger partial charge < -0.3 is 0 Å². The predicted octanol–water partition coefficient (Wildman–Crippen LogP) is 5.17. The van der Waals surface area contributed by atoms with Crippen LogP contribution in [0, 0.1) is 0 Å². The van der Waals surface area contributed by atoms with E-state index in [2.05, 4.69) is 0 Å². The van der Waals surface area contributed by atoms with Crippen LogP contribution in [-0.4, -0.2) is 11.8 Å². The van der Waals surface area contributed by atoms with Crippen molar-refractivity contribution in [3.05, 3.63) is 89.5 Å². The number of amides is 2. The van der Waals surface area contributed by atoms with Gasteiger partial charge >= 0.3 is 6.18 Å². The fourth-order valence-corrected chi connectivity index (χ4v) is 3.08. The quantitative estimate of drug-likeness (QED) is 0.586. The summed E-state index contributed by atoms with van der Waals surface area (Å²) in [6, 6.07) is 18.3. The molecule has 4 rings (SSSR count). The van der Waals surface area contributed by atoms with Crippen molar-refractivity contribution in [1.82, 2.24) is 0 Å². The molecule has 0 aliphatic carbocycles. The Morgan fingerprint density at radius 3 is 1.93 bits per heavy atom. The molecule has 0 fully saturated rings. The molecule has 0 bridgehead atoms. The highest BCUT2D eigenvalue weighted by Gasteiger charge is 2.37. The summed E-state index contributed by atoms with van der Waals surface area (Å²) in [6.45, 7) is 0. The Morgan fingerprint density at radius 1 is 0.667 bits per heavy atom. The first-order valence-electron chi connectivity index (χ1n) is 8.12. The molecule has 0 aromatic heterocycles. The van der Waals surface area contributed by atoms with E-state index in [1.165, 1.54) is 0 Å². The molecule has 0 saturated heterocycles. The second-order valence-electron chi connectivity index (χ2n) is 6.12. The lowest BCUT2D eigenvalue weighted by molar-refractivity contribution is -0.137. The van der Waals surface area contributed by atoms with Crippen LogP contribution in [0.5, 0.6) is 0 Å². The highest BCUT2D eigenvalue weighted by Crippen LogP contribution is 2.34. The molecule has 3 aromatic carbocycles. The maximum Gasteiger partial charge on any atom is 0.416 e. The minimum atomic E-state index is -4.48. The van der Waals surface area contributed by atoms with Crippen LogP contribution in [0.4, 0.5) is 18.9 Å². The third kappa shape index (κ3) is 2.89. The summed E-state index contributed by atoms with van der Waals surface area (Å²) < 4.78 is 38.2. The second kappa shape index (κ2) is 6.09. The van der Waals surface area contributed by atoms with Gasteiger partial charge in [-0.25, -0.2) is 4.90 Å². The van der Waals surface area contributed by atoms with E-state index < -0.39 is 23.6 Å². The zero-order valence-electron chi connectivity index (χ0n) is 13.8. The zero-order chi connectivity index (χ0) is 19.2. The molecular weight excluding hydrogens is 355 g/mol. The first-order chi connectivity index (χ1) is 12.9. The van der Waals surface area contributed by atoms with Crippen molar-refractivity contribution >= 4 is 17.5 Å². The van der Waals surface area contributed by atoms with Crippen LogP contribution in [0.25, 0.3) is 11.1 Å². The van der Waals surface area contributed by atoms with Gasteiger partial charge in [-0.3, -0.25) is 9.59 Å². The van der Waals surface area contributed by atoms with E-state index in [4.69, 9.17) is 0 Å². The largest absolute Gasteiger partial charge is 0.416 e. The Hall–Kier alpha value is -3.41. The van der Waals surface area contributed by atoms with E-state index in [1.807, 2.05) is 30.3 Å². The fourth-order valence-electron chi connectivity index (χ4n) is 3.08. The van der Waals surface area contributed by atoms with E-state index in [9.17, 15) is 22.8 Å². The third-order valence-electron chi connectivity index (χ3n) is 4.45. The van der Waals surface area contributed by atoms with Crippen molar-refractivity contribution in [2.45, 2.75) is 6.18 Å². The van der Waals surface area contributed by atoms with Crippen LogP contribution in [-0.2, 0) is 6.18 Å². The van der Waals surface area contributed by atoms with Gasteiger partial charge in [-0.15, -0.1) is 0 Å². The number of alkyl halides is 3. The van der Waals surface area contributed by atoms with Gasteiger partial charge in [0.1, 0.15) is 0 Å². The van der Waals surface area contributed by atoms with Gasteiger partial charge in [0.2, 0.25) is 0 Å². The third-order valence-corrected chi connectivity index (χ3v) is 4.45. The number of carbonyl (C=O) groups excluding carboxylic acids is 2. The lowest BCUT2D eigenvalue weighted by atomic mass is 10.0. The normalized spacial score (nSPS) is 13.8. The van der Waals surface area contributed by atoms with Gasteiger partial charge in [0, 0.05) is 0 Å². The highest BCUT2D eigenvalue weighted by molar-refractivity contribution is 6.34. The van der Waals surface area contributed by atoms with Crippen molar-refractivity contribution in [2.75, 3.05) is 4.90 Å². The van der Waals surface area contributed by atoms with Gasteiger partial charge in [-0.1, -0.05) is 36.4 Å². The lowest BCUT2D eigenvalue weighted by Crippen LogP contribution is -2.29. The van der Waals surface area contributed by atoms with Crippen LogP contribution < -0.4 is 4.90 Å². The number of hydrogen-bond acceptors (Lipinski definition) is 2. The number of carbonyl (C=O) groups is 2. The Morgan fingerprint density at radius 2 is 1.30 bits per heavy atom. The first-order valence-corrected chi connectivity index (χ1v) is 8.12. The molecule has 3 nitrogen and oxygen atoms in total. The molecule has 1 heterocycles. The summed E-state index contributed by atoms with van der Waals surface area (Å²) >= 11 is 0. The molecule has 0 unspecified atom stereocenters. The summed E-state index contributed by atoms with van der Waals surface area (Å²) in [4.78, 5) is 26.3. The van der Waals surface area contributed by atoms with Gasteiger partial charge in [-0.2, -0.15) is 13.2 Å². The van der Waals surface area contributed by atoms with Gasteiger partial charge in [0.05, 0.1) is 22.4 Å². The number of benzene rings is 3. The van der Waals surface area contributed by atoms with Gasteiger partial charge in [-0.05, 0) is 47.5 Å². The minimum Gasteiger partial charge on any atom is -0.268 e. The Balaban J connectivity index is 1.71. The molecule has 134 valence electrons. The summed E-state index contributed by atoms with van der Waals surface area (Å²) in [6.07, 6.45) is -4.48. The number of hydrogen-bond donors (Lipinski definition) is 0. The zero-order valence-corrected chi connectivity index (χ0v) is 13.8. The minimum absolute atomic E-state index is 0.107. The molecule has 0 atom stereocenters. The number of fused-ring (bicyclic) bond motifs is 1. The molecule has 6 heteroatoms. The van der Waals surface area contributed by atoms with Crippen LogP contribution in [0.1, 0.15) is 26.3 Å². The summed E-state index contributed by atoms with van der Waals surface area (Å²) in [5, 5.41) is 0. The van der Waals surface area contributed by atoms with Gasteiger partial charge in [0.15, 0.2) is 0 Å². The topological polar surface area (TPSA) is 37.4 Å². The monoisotopic (exact) mass is 367 g/mol. The maximum absolute atomic E-state index is 12.8. The molecule has 0 spiro atoms. The van der Waals surface area contributed by atoms with Crippen LogP contribution >= 0.6 is 0 Å². The standard InChI is InChI=1S/C21H12F3NO2/c22-21(23,24)15-7-9-16(10-8-15)25-19(26)17-11-6-14(12-18(17)20(25)27)13-4-2-1-3-5-13/h1-12H. The number of imide groups is 1. The molecule has 0 N–H and O–H groups in total. The number of rotatable bonds is 2. The molecule has 27 heavy (non-hydrogen) atoms. The van der Waals surface area contributed by atoms with E-state index in [1.54, 1.807) is 18.2 Å². The SMILES string of the molecule is O=C1c2ccc(-c3ccccc3)cc2C(=O)N1c1ccc(C(F)(F)F)cc1. The average molecular weight is 367 g/mol. The van der Waals surface area contributed by atoms with Crippen molar-refractivity contribution < 1.29 is 22.8 Å². The maximum atomic E-state index is 12.8. The molecule has 1 aliphatic rings. The lowest BCUT2D eigenvalue weighted by Gasteiger charge is -2.15. The Bertz CT molecular complexity index is 1040. The summed E-state index contributed by atoms with van der Waals surface area (Å²) in [5.74, 6) is -1.10. The number of nitrogens with zero attached hydrogens (tertiary/aromatic N) is 1. The van der Waals surface area contributed by atoms with Crippen molar-refractivity contribution in [2.24, 2.45) is 0 Å². The molecular formula is C21H12F3NO2. The predicted molar refractivity (Wildman–Crippen MR) is 94.5 cm³/mol. The van der Waals surface area contributed by atoms with Crippen LogP contribution in [0.3, 0.4) is 0 Å². The van der Waals surface area contributed by atoms with E-state index >= 15 is 0 Å². The molecule has 1 aliphatic heterocycles. The van der Waals surface area contributed by atoms with E-state index in [-0.39, 0.29) is 16.8 Å². The molecule has 3 aromatic rings. The van der Waals surface area contributed by atoms with Gasteiger partial charge in [0.25, 0.3) is 11.8 Å². The molecule has 2 amide bonds. The number of anilines is 1. The summed E-state index contributed by atoms with van der Waals surface area (Å²) in [7, 11) is 0. The highest BCUT2D eigenvalue weighted by atomic mass is 19.4. The first kappa shape index (κ1) is 17.0. The Kier molecular flexibility index (Phi) is 3.84. The van der Waals surface area contributed by atoms with Crippen molar-refractivity contribution in [3.63, 3.8) is 0 Å². The Labute approximate surface area is 152 Å². The van der Waals surface area contributed by atoms with Crippen molar-refractivity contribution in [1.29, 1.82) is 0 Å². The van der Waals surface area contributed by atoms with Crippen molar-refractivity contribution in [3.8, 4) is 11.1 Å². The van der Waals surface area contributed by atoms with E-state index in [0.717, 1.165) is 40.3 Å². The molecule has 0 radical (unpaired) electrons. The summed E-state index contributed by atoms with van der Waals surface area (Å²) in [5.41, 5.74) is 1.42. The number of halogens is 3. The van der Waals surface area contributed by atoms with E-state index in [0.29, 0.717) is 0 Å². The fraction of sp³-hybridized carbons (Fsp3) is 0.0476. The van der Waals surface area contributed by atoms with Crippen LogP contribution in [0.2, 0.25) is 0 Å². The molecule has 0 saturated carbocycles.